The van der Waals surface area contributed by atoms with Gasteiger partial charge in [-0.2, -0.15) is 9.97 Å². The number of nitrogen functional groups attached to an aromatic ring is 1. The highest BCUT2D eigenvalue weighted by Gasteiger charge is 2.50. The van der Waals surface area contributed by atoms with Crippen molar-refractivity contribution in [2.75, 3.05) is 43.4 Å². The van der Waals surface area contributed by atoms with Gasteiger partial charge in [0.25, 0.3) is 0 Å². The van der Waals surface area contributed by atoms with E-state index in [1.54, 1.807) is 0 Å². The van der Waals surface area contributed by atoms with Crippen molar-refractivity contribution < 1.29 is 19.0 Å². The van der Waals surface area contributed by atoms with Crippen LogP contribution < -0.4 is 15.4 Å². The summed E-state index contributed by atoms with van der Waals surface area (Å²) in [5, 5.41) is 10.9. The van der Waals surface area contributed by atoms with Gasteiger partial charge in [-0.25, -0.2) is 9.37 Å². The van der Waals surface area contributed by atoms with Gasteiger partial charge in [0, 0.05) is 38.0 Å². The number of nitrogens with zero attached hydrogens (tertiary/aromatic N) is 5. The summed E-state index contributed by atoms with van der Waals surface area (Å²) in [6.45, 7) is 5.31. The Morgan fingerprint density at radius 3 is 2.90 bits per heavy atom. The predicted molar refractivity (Wildman–Crippen MR) is 144 cm³/mol. The van der Waals surface area contributed by atoms with Crippen LogP contribution in [0.15, 0.2) is 12.1 Å². The maximum atomic E-state index is 14.4. The molecule has 3 N–H and O–H groups in total. The molecular formula is C29H39FN6O3. The number of aromatic nitrogens is 3. The van der Waals surface area contributed by atoms with Gasteiger partial charge in [-0.1, -0.05) is 6.07 Å². The summed E-state index contributed by atoms with van der Waals surface area (Å²) in [5.74, 6) is 1.27. The number of hydrogen-bond acceptors (Lipinski definition) is 9. The topological polar surface area (TPSA) is 110 Å². The van der Waals surface area contributed by atoms with Crippen molar-refractivity contribution in [3.8, 4) is 6.01 Å². The maximum absolute atomic E-state index is 14.4. The number of nitrogens with two attached hydrogens (primary N) is 1. The van der Waals surface area contributed by atoms with Gasteiger partial charge in [0.1, 0.15) is 30.0 Å². The third-order valence-electron chi connectivity index (χ3n) is 9.66. The minimum absolute atomic E-state index is 0.276. The highest BCUT2D eigenvalue weighted by molar-refractivity contribution is 5.52. The van der Waals surface area contributed by atoms with Crippen LogP contribution in [0.4, 0.5) is 16.0 Å². The van der Waals surface area contributed by atoms with Crippen molar-refractivity contribution in [1.82, 2.24) is 19.9 Å². The number of rotatable bonds is 4. The second-order valence-corrected chi connectivity index (χ2v) is 12.7. The zero-order valence-corrected chi connectivity index (χ0v) is 22.8. The zero-order valence-electron chi connectivity index (χ0n) is 22.8. The van der Waals surface area contributed by atoms with E-state index in [1.165, 1.54) is 5.56 Å². The molecule has 4 atom stereocenters. The molecule has 3 fully saturated rings. The predicted octanol–water partition coefficient (Wildman–Crippen LogP) is 3.06. The first-order valence-corrected chi connectivity index (χ1v) is 14.5. The maximum Gasteiger partial charge on any atom is 0.318 e. The van der Waals surface area contributed by atoms with E-state index in [1.807, 2.05) is 13.0 Å². The Balaban J connectivity index is 1.25. The molecule has 210 valence electrons. The summed E-state index contributed by atoms with van der Waals surface area (Å²) in [6, 6.07) is 4.26. The van der Waals surface area contributed by atoms with E-state index in [4.69, 9.17) is 30.2 Å². The molecule has 2 aromatic heterocycles. The number of aryl methyl sites for hydroxylation is 1. The number of alkyl halides is 1. The molecule has 7 rings (SSSR count). The molecule has 0 radical (unpaired) electrons. The first-order valence-electron chi connectivity index (χ1n) is 14.5. The Labute approximate surface area is 228 Å². The standard InChI is InChI=1S/C29H39FN6O3/c1-27(37)8-3-11-35(17-27)25-21-16-39-29(10-2-5-19-6-7-23(31)33-24(19)29)14-22(21)32-26(34-25)38-18-28-9-4-12-36(28)15-20(30)13-28/h6-7,20,37H,2-5,8-18H2,1H3,(H2,31,33). The van der Waals surface area contributed by atoms with Gasteiger partial charge in [-0.05, 0) is 70.0 Å². The lowest BCUT2D eigenvalue weighted by molar-refractivity contribution is -0.0886. The van der Waals surface area contributed by atoms with Gasteiger partial charge in [0.15, 0.2) is 0 Å². The van der Waals surface area contributed by atoms with E-state index in [2.05, 4.69) is 15.9 Å². The number of ether oxygens (including phenoxy) is 2. The molecule has 4 unspecified atom stereocenters. The lowest BCUT2D eigenvalue weighted by Gasteiger charge is -2.43. The molecule has 39 heavy (non-hydrogen) atoms. The molecular weight excluding hydrogens is 499 g/mol. The molecule has 3 saturated heterocycles. The molecule has 10 heteroatoms. The van der Waals surface area contributed by atoms with E-state index >= 15 is 0 Å². The number of aliphatic hydroxyl groups is 1. The Bertz CT molecular complexity index is 1280. The average Bonchev–Trinajstić information content (AvgIpc) is 3.42. The van der Waals surface area contributed by atoms with Crippen molar-refractivity contribution in [3.05, 3.63) is 34.6 Å². The van der Waals surface area contributed by atoms with Crippen LogP contribution in [-0.2, 0) is 29.8 Å². The zero-order chi connectivity index (χ0) is 26.8. The molecule has 1 spiro atoms. The molecule has 9 nitrogen and oxygen atoms in total. The minimum atomic E-state index is -0.812. The Hall–Kier alpha value is -2.56. The molecule has 4 aliphatic heterocycles. The third kappa shape index (κ3) is 4.44. The monoisotopic (exact) mass is 538 g/mol. The highest BCUT2D eigenvalue weighted by atomic mass is 19.1. The Morgan fingerprint density at radius 2 is 2.03 bits per heavy atom. The van der Waals surface area contributed by atoms with E-state index < -0.39 is 17.4 Å². The molecule has 0 saturated carbocycles. The summed E-state index contributed by atoms with van der Waals surface area (Å²) >= 11 is 0. The summed E-state index contributed by atoms with van der Waals surface area (Å²) in [7, 11) is 0. The normalized spacial score (nSPS) is 34.1. The van der Waals surface area contributed by atoms with Crippen LogP contribution in [0.25, 0.3) is 0 Å². The Kier molecular flexibility index (Phi) is 6.02. The van der Waals surface area contributed by atoms with Crippen LogP contribution in [0, 0.1) is 0 Å². The molecule has 5 aliphatic rings. The molecule has 1 aliphatic carbocycles. The number of piperidine rings is 1. The highest BCUT2D eigenvalue weighted by Crippen LogP contribution is 2.46. The molecule has 2 aromatic rings. The number of fused-ring (bicyclic) bond motifs is 4. The lowest BCUT2D eigenvalue weighted by atomic mass is 9.77. The first-order chi connectivity index (χ1) is 18.7. The summed E-state index contributed by atoms with van der Waals surface area (Å²) < 4.78 is 27.4. The van der Waals surface area contributed by atoms with Gasteiger partial charge in [-0.3, -0.25) is 4.90 Å². The van der Waals surface area contributed by atoms with Crippen molar-refractivity contribution in [2.24, 2.45) is 0 Å². The molecule has 6 heterocycles. The van der Waals surface area contributed by atoms with Crippen molar-refractivity contribution >= 4 is 11.6 Å². The van der Waals surface area contributed by atoms with Gasteiger partial charge >= 0.3 is 6.01 Å². The van der Waals surface area contributed by atoms with Crippen LogP contribution in [0.5, 0.6) is 6.01 Å². The summed E-state index contributed by atoms with van der Waals surface area (Å²) in [4.78, 5) is 19.0. The first kappa shape index (κ1) is 25.4. The number of anilines is 2. The molecule has 0 aromatic carbocycles. The van der Waals surface area contributed by atoms with Crippen molar-refractivity contribution in [1.29, 1.82) is 0 Å². The minimum Gasteiger partial charge on any atom is -0.461 e. The van der Waals surface area contributed by atoms with E-state index in [9.17, 15) is 9.50 Å². The van der Waals surface area contributed by atoms with Gasteiger partial charge in [0.05, 0.1) is 29.1 Å². The number of β-amino-alcohol motifs (C(OH)–C–C–N with tert-alkyl or cyclic N) is 1. The quantitative estimate of drug-likeness (QED) is 0.607. The van der Waals surface area contributed by atoms with E-state index in [0.29, 0.717) is 51.0 Å². The fourth-order valence-corrected chi connectivity index (χ4v) is 7.79. The summed E-state index contributed by atoms with van der Waals surface area (Å²) in [5.41, 5.74) is 8.42. The number of hydrogen-bond donors (Lipinski definition) is 2. The fraction of sp³-hybridized carbons (Fsp3) is 0.690. The van der Waals surface area contributed by atoms with Crippen LogP contribution in [-0.4, -0.2) is 75.1 Å². The van der Waals surface area contributed by atoms with Crippen LogP contribution in [0.2, 0.25) is 0 Å². The second kappa shape index (κ2) is 9.24. The van der Waals surface area contributed by atoms with Crippen LogP contribution in [0.3, 0.4) is 0 Å². The van der Waals surface area contributed by atoms with Crippen LogP contribution in [0.1, 0.15) is 74.4 Å². The van der Waals surface area contributed by atoms with Gasteiger partial charge in [-0.15, -0.1) is 0 Å². The molecule has 0 bridgehead atoms. The number of halogens is 1. The van der Waals surface area contributed by atoms with Gasteiger partial charge < -0.3 is 25.2 Å². The smallest absolute Gasteiger partial charge is 0.318 e. The van der Waals surface area contributed by atoms with Gasteiger partial charge in [0.2, 0.25) is 0 Å². The number of pyridine rings is 1. The lowest BCUT2D eigenvalue weighted by Crippen LogP contribution is -2.48. The fourth-order valence-electron chi connectivity index (χ4n) is 7.79. The SMILES string of the molecule is CC1(O)CCCN(c2nc(OCC34CCCN3CC(F)C4)nc3c2COC2(CCCc4ccc(N)nc42)C3)C1. The third-order valence-corrected chi connectivity index (χ3v) is 9.66. The molecule has 0 amide bonds. The van der Waals surface area contributed by atoms with Crippen molar-refractivity contribution in [3.63, 3.8) is 0 Å². The largest absolute Gasteiger partial charge is 0.461 e. The second-order valence-electron chi connectivity index (χ2n) is 12.7. The van der Waals surface area contributed by atoms with Crippen molar-refractivity contribution in [2.45, 2.75) is 94.2 Å². The van der Waals surface area contributed by atoms with E-state index in [0.717, 1.165) is 80.8 Å². The average molecular weight is 539 g/mol. The van der Waals surface area contributed by atoms with Crippen LogP contribution >= 0.6 is 0 Å². The summed E-state index contributed by atoms with van der Waals surface area (Å²) in [6.07, 6.45) is 6.69. The van der Waals surface area contributed by atoms with E-state index in [-0.39, 0.29) is 5.54 Å². The Morgan fingerprint density at radius 1 is 1.15 bits per heavy atom.